The zero-order chi connectivity index (χ0) is 49.8. The molecule has 1 aromatic heterocycles. The van der Waals surface area contributed by atoms with Crippen LogP contribution in [0.2, 0.25) is 0 Å². The van der Waals surface area contributed by atoms with Crippen LogP contribution in [0.4, 0.5) is 27.5 Å². The highest BCUT2D eigenvalue weighted by molar-refractivity contribution is 7.97. The van der Waals surface area contributed by atoms with Crippen LogP contribution in [-0.2, 0) is 19.8 Å². The van der Waals surface area contributed by atoms with Gasteiger partial charge in [0.05, 0.1) is 11.0 Å². The van der Waals surface area contributed by atoms with Crippen molar-refractivity contribution in [1.82, 2.24) is 24.5 Å². The predicted molar refractivity (Wildman–Crippen MR) is 275 cm³/mol. The number of nitrogens with zero attached hydrogens (tertiary/aromatic N) is 7. The van der Waals surface area contributed by atoms with Crippen molar-refractivity contribution < 1.29 is 23.9 Å². The third-order valence-electron chi connectivity index (χ3n) is 13.9. The van der Waals surface area contributed by atoms with Gasteiger partial charge in [-0.3, -0.25) is 24.2 Å². The van der Waals surface area contributed by atoms with Crippen LogP contribution in [0.15, 0.2) is 58.5 Å². The molecular formula is C51H78FN11O4S. The first kappa shape index (κ1) is 54.1. The highest BCUT2D eigenvalue weighted by atomic mass is 32.2. The largest absolute Gasteiger partial charge is 0.400 e. The van der Waals surface area contributed by atoms with E-state index in [-0.39, 0.29) is 49.4 Å². The number of nitrogens with one attached hydrogen (secondary N) is 3. The SMILES string of the molecule is CC.CCCC(CCC)N1C(=O)C2(CC2)c2cnc(N[C@@]3(C)CCN(Sc4cccc(C(C)N5CCN(c6ccc(C(N)=NC(=O)CCNC=O)c(NC)c6)C(C(C)C)C5)c4)CC3F)nc21.CO. The number of aromatic nitrogens is 2. The van der Waals surface area contributed by atoms with E-state index < -0.39 is 23.0 Å². The first-order chi connectivity index (χ1) is 32.7. The van der Waals surface area contributed by atoms with Crippen molar-refractivity contribution in [2.75, 3.05) is 73.9 Å². The number of hydrogen-bond acceptors (Lipinski definition) is 12. The van der Waals surface area contributed by atoms with E-state index in [2.05, 4.69) is 105 Å². The second-order valence-electron chi connectivity index (χ2n) is 18.6. The highest BCUT2D eigenvalue weighted by Gasteiger charge is 2.61. The van der Waals surface area contributed by atoms with Gasteiger partial charge >= 0.3 is 0 Å². The molecule has 0 radical (unpaired) electrons. The summed E-state index contributed by atoms with van der Waals surface area (Å²) in [6.07, 6.45) is 7.37. The number of piperidine rings is 1. The van der Waals surface area contributed by atoms with E-state index >= 15 is 4.39 Å². The predicted octanol–water partition coefficient (Wildman–Crippen LogP) is 7.70. The lowest BCUT2D eigenvalue weighted by Gasteiger charge is -2.47. The molecule has 1 spiro atoms. The summed E-state index contributed by atoms with van der Waals surface area (Å²) < 4.78 is 18.5. The van der Waals surface area contributed by atoms with Gasteiger partial charge in [0, 0.05) is 112 Å². The van der Waals surface area contributed by atoms with Gasteiger partial charge in [-0.2, -0.15) is 9.98 Å². The van der Waals surface area contributed by atoms with E-state index in [9.17, 15) is 14.4 Å². The van der Waals surface area contributed by atoms with Crippen molar-refractivity contribution in [3.8, 4) is 0 Å². The number of anilines is 4. The summed E-state index contributed by atoms with van der Waals surface area (Å²) in [7, 11) is 2.83. The fourth-order valence-electron chi connectivity index (χ4n) is 9.77. The molecule has 4 heterocycles. The van der Waals surface area contributed by atoms with E-state index in [1.165, 1.54) is 5.56 Å². The number of halogens is 1. The molecule has 15 nitrogen and oxygen atoms in total. The van der Waals surface area contributed by atoms with Crippen LogP contribution in [0.3, 0.4) is 0 Å². The van der Waals surface area contributed by atoms with Gasteiger partial charge in [-0.1, -0.05) is 66.5 Å². The van der Waals surface area contributed by atoms with Crippen LogP contribution < -0.4 is 31.5 Å². The quantitative estimate of drug-likeness (QED) is 0.0259. The number of fused-ring (bicyclic) bond motifs is 2. The molecule has 1 saturated carbocycles. The summed E-state index contributed by atoms with van der Waals surface area (Å²) in [6, 6.07) is 15.2. The van der Waals surface area contributed by atoms with Gasteiger partial charge in [-0.25, -0.2) is 13.7 Å². The number of hydrogen-bond donors (Lipinski definition) is 5. The van der Waals surface area contributed by atoms with Crippen LogP contribution in [-0.4, -0.2) is 126 Å². The molecule has 3 unspecified atom stereocenters. The minimum atomic E-state index is -1.17. The molecule has 2 saturated heterocycles. The minimum Gasteiger partial charge on any atom is -0.400 e. The van der Waals surface area contributed by atoms with E-state index in [0.717, 1.165) is 92.9 Å². The number of aliphatic imine (C=N–C) groups is 1. The highest BCUT2D eigenvalue weighted by Crippen LogP contribution is 2.57. The maximum absolute atomic E-state index is 16.4. The van der Waals surface area contributed by atoms with E-state index in [4.69, 9.17) is 15.8 Å². The molecule has 7 rings (SSSR count). The molecule has 4 atom stereocenters. The summed E-state index contributed by atoms with van der Waals surface area (Å²) in [6.45, 7) is 20.8. The van der Waals surface area contributed by atoms with E-state index in [1.54, 1.807) is 11.9 Å². The Labute approximate surface area is 408 Å². The van der Waals surface area contributed by atoms with Gasteiger partial charge in [0.15, 0.2) is 0 Å². The Morgan fingerprint density at radius 2 is 1.76 bits per heavy atom. The number of nitrogens with two attached hydrogens (primary N) is 1. The number of amides is 3. The summed E-state index contributed by atoms with van der Waals surface area (Å²) in [5.41, 5.74) is 9.63. The molecule has 0 bridgehead atoms. The normalized spacial score (nSPS) is 21.7. The number of aliphatic hydroxyl groups is 1. The number of aliphatic hydroxyl groups excluding tert-OH is 1. The van der Waals surface area contributed by atoms with Crippen molar-refractivity contribution in [2.24, 2.45) is 16.6 Å². The number of carbonyl (C=O) groups is 3. The van der Waals surface area contributed by atoms with E-state index in [0.29, 0.717) is 36.8 Å². The fourth-order valence-corrected chi connectivity index (χ4v) is 10.8. The summed E-state index contributed by atoms with van der Waals surface area (Å²) >= 11 is 1.61. The molecule has 4 aliphatic rings. The Kier molecular flexibility index (Phi) is 19.6. The van der Waals surface area contributed by atoms with Crippen molar-refractivity contribution in [2.45, 2.75) is 147 Å². The first-order valence-electron chi connectivity index (χ1n) is 24.7. The number of piperazine rings is 1. The first-order valence-corrected chi connectivity index (χ1v) is 25.5. The second kappa shape index (κ2) is 24.6. The van der Waals surface area contributed by atoms with Gasteiger partial charge in [0.2, 0.25) is 24.2 Å². The molecule has 374 valence electrons. The summed E-state index contributed by atoms with van der Waals surface area (Å²) in [5.74, 6) is 1.38. The van der Waals surface area contributed by atoms with Gasteiger partial charge in [-0.15, -0.1) is 0 Å². The third-order valence-corrected chi connectivity index (χ3v) is 14.9. The molecule has 3 aromatic rings. The second-order valence-corrected chi connectivity index (χ2v) is 19.8. The molecule has 17 heteroatoms. The molecule has 3 aliphatic heterocycles. The Bertz CT molecular complexity index is 2190. The lowest BCUT2D eigenvalue weighted by atomic mass is 9.89. The van der Waals surface area contributed by atoms with Crippen molar-refractivity contribution in [1.29, 1.82) is 0 Å². The fraction of sp³-hybridized carbons (Fsp3) is 0.608. The zero-order valence-corrected chi connectivity index (χ0v) is 43.0. The minimum absolute atomic E-state index is 0.0717. The number of amidine groups is 1. The molecule has 3 fully saturated rings. The molecular weight excluding hydrogens is 882 g/mol. The number of carbonyl (C=O) groups excluding carboxylic acids is 3. The maximum atomic E-state index is 16.4. The van der Waals surface area contributed by atoms with Crippen LogP contribution >= 0.6 is 11.9 Å². The molecule has 3 amide bonds. The summed E-state index contributed by atoms with van der Waals surface area (Å²) in [4.78, 5) is 58.4. The maximum Gasteiger partial charge on any atom is 0.249 e. The zero-order valence-electron chi connectivity index (χ0n) is 42.1. The van der Waals surface area contributed by atoms with Crippen molar-refractivity contribution in [3.05, 3.63) is 65.4 Å². The molecule has 1 aliphatic carbocycles. The Hall–Kier alpha value is -4.84. The van der Waals surface area contributed by atoms with Crippen LogP contribution in [0.1, 0.15) is 129 Å². The van der Waals surface area contributed by atoms with Crippen LogP contribution in [0, 0.1) is 5.92 Å². The Morgan fingerprint density at radius 1 is 1.04 bits per heavy atom. The van der Waals surface area contributed by atoms with Gasteiger partial charge in [-0.05, 0) is 99.7 Å². The summed E-state index contributed by atoms with van der Waals surface area (Å²) in [5, 5.41) is 16.1. The van der Waals surface area contributed by atoms with Gasteiger partial charge in [0.25, 0.3) is 0 Å². The van der Waals surface area contributed by atoms with Crippen molar-refractivity contribution in [3.63, 3.8) is 0 Å². The van der Waals surface area contributed by atoms with Gasteiger partial charge in [0.1, 0.15) is 17.8 Å². The number of benzene rings is 2. The monoisotopic (exact) mass is 960 g/mol. The topological polar surface area (TPSA) is 185 Å². The third kappa shape index (κ3) is 12.1. The Morgan fingerprint density at radius 3 is 2.40 bits per heavy atom. The average molecular weight is 960 g/mol. The van der Waals surface area contributed by atoms with Crippen LogP contribution in [0.25, 0.3) is 0 Å². The van der Waals surface area contributed by atoms with Crippen molar-refractivity contribution >= 4 is 59.1 Å². The smallest absolute Gasteiger partial charge is 0.249 e. The average Bonchev–Trinajstić information content (AvgIpc) is 4.12. The number of alkyl halides is 1. The molecule has 2 aromatic carbocycles. The lowest BCUT2D eigenvalue weighted by molar-refractivity contribution is -0.121. The van der Waals surface area contributed by atoms with Crippen LogP contribution in [0.5, 0.6) is 0 Å². The lowest BCUT2D eigenvalue weighted by Crippen LogP contribution is -2.55. The van der Waals surface area contributed by atoms with E-state index in [1.807, 2.05) is 51.0 Å². The molecule has 68 heavy (non-hydrogen) atoms. The van der Waals surface area contributed by atoms with Gasteiger partial charge < -0.3 is 31.7 Å². The molecule has 6 N–H and O–H groups in total. The number of rotatable bonds is 19. The standard InChI is InChI=1S/C48H68FN11O3S.C2H6.CH4O/c1-8-11-34(12-9-2)60-44-38(48(18-19-48)45(60)63)27-53-46(55-44)56-47(6)20-22-58(29-41(47)49)64-36-14-10-13-33(25-36)32(5)57-23-24-59(40(28-57)31(3)4)35-15-16-37(39(26-35)51-7)43(50)54-42(62)17-21-52-30-61;2*1-2/h10,13-16,25-27,30-32,34,40-41,51H,8-9,11-12,17-24,28-29H2,1-7H3,(H,52,61)(H2,50,54,62)(H,53,55,56);1-2H3;2H,1H3/t32?,40?,41?,47-;;/m0../s1. The Balaban J connectivity index is 0.00000210.